The lowest BCUT2D eigenvalue weighted by Crippen LogP contribution is -2.52. The van der Waals surface area contributed by atoms with E-state index in [1.54, 1.807) is 6.07 Å². The minimum Gasteiger partial charge on any atom is -0.455 e. The van der Waals surface area contributed by atoms with Gasteiger partial charge in [0.05, 0.1) is 6.54 Å². The normalized spacial score (nSPS) is 19.7. The minimum absolute atomic E-state index is 0.104. The number of carbonyl (C=O) groups excluding carboxylic acids is 3. The molecule has 1 aromatic heterocycles. The molecule has 1 aliphatic heterocycles. The Bertz CT molecular complexity index is 523. The number of amides is 3. The molecule has 1 aliphatic rings. The summed E-state index contributed by atoms with van der Waals surface area (Å²) in [6.07, 6.45) is 0.539. The molecule has 2 rings (SSSR count). The summed E-state index contributed by atoms with van der Waals surface area (Å²) in [6, 6.07) is 2.41. The zero-order chi connectivity index (χ0) is 14.0. The fraction of sp³-hybridized carbons (Fsp3) is 0.417. The molecule has 0 aliphatic carbocycles. The van der Waals surface area contributed by atoms with Crippen molar-refractivity contribution in [3.05, 3.63) is 23.7 Å². The number of furan rings is 1. The van der Waals surface area contributed by atoms with Gasteiger partial charge in [0, 0.05) is 13.5 Å². The van der Waals surface area contributed by atoms with Crippen molar-refractivity contribution in [2.45, 2.75) is 25.4 Å². The Labute approximate surface area is 109 Å². The number of piperidine rings is 1. The van der Waals surface area contributed by atoms with Crippen molar-refractivity contribution in [2.24, 2.45) is 5.73 Å². The van der Waals surface area contributed by atoms with Gasteiger partial charge < -0.3 is 15.5 Å². The first-order valence-corrected chi connectivity index (χ1v) is 5.93. The van der Waals surface area contributed by atoms with Gasteiger partial charge in [-0.05, 0) is 18.6 Å². The predicted octanol–water partition coefficient (Wildman–Crippen LogP) is -0.385. The molecule has 2 heterocycles. The lowest BCUT2D eigenvalue weighted by Gasteiger charge is -2.27. The average molecular weight is 265 g/mol. The molecule has 3 N–H and O–H groups in total. The van der Waals surface area contributed by atoms with Crippen LogP contribution < -0.4 is 11.1 Å². The van der Waals surface area contributed by atoms with E-state index in [0.717, 1.165) is 4.90 Å². The molecule has 1 atom stereocenters. The number of carbonyl (C=O) groups is 3. The zero-order valence-corrected chi connectivity index (χ0v) is 10.5. The number of nitrogens with zero attached hydrogens (tertiary/aromatic N) is 1. The number of rotatable bonds is 3. The van der Waals surface area contributed by atoms with Gasteiger partial charge in [-0.3, -0.25) is 19.3 Å². The predicted molar refractivity (Wildman–Crippen MR) is 64.9 cm³/mol. The van der Waals surface area contributed by atoms with E-state index in [0.29, 0.717) is 12.2 Å². The number of likely N-dealkylation sites (N-methyl/N-ethyl adjacent to an activating group) is 1. The molecule has 0 saturated carbocycles. The molecule has 19 heavy (non-hydrogen) atoms. The third-order valence-corrected chi connectivity index (χ3v) is 3.04. The molecule has 0 aromatic carbocycles. The maximum Gasteiger partial charge on any atom is 0.287 e. The van der Waals surface area contributed by atoms with Crippen LogP contribution >= 0.6 is 0 Å². The van der Waals surface area contributed by atoms with Crippen LogP contribution in [0.3, 0.4) is 0 Å². The second kappa shape index (κ2) is 5.23. The Kier molecular flexibility index (Phi) is 3.66. The summed E-state index contributed by atoms with van der Waals surface area (Å²) in [4.78, 5) is 36.0. The van der Waals surface area contributed by atoms with Crippen LogP contribution in [0.2, 0.25) is 0 Å². The van der Waals surface area contributed by atoms with Crippen LogP contribution in [0.4, 0.5) is 0 Å². The smallest absolute Gasteiger partial charge is 0.287 e. The molecule has 7 heteroatoms. The van der Waals surface area contributed by atoms with Crippen molar-refractivity contribution in [3.63, 3.8) is 0 Å². The molecule has 7 nitrogen and oxygen atoms in total. The van der Waals surface area contributed by atoms with Crippen LogP contribution in [0.25, 0.3) is 0 Å². The van der Waals surface area contributed by atoms with Crippen molar-refractivity contribution in [1.29, 1.82) is 0 Å². The molecule has 0 spiro atoms. The monoisotopic (exact) mass is 265 g/mol. The van der Waals surface area contributed by atoms with Gasteiger partial charge >= 0.3 is 0 Å². The lowest BCUT2D eigenvalue weighted by molar-refractivity contribution is -0.147. The Morgan fingerprint density at radius 1 is 1.53 bits per heavy atom. The molecule has 0 bridgehead atoms. The standard InChI is InChI=1S/C12H15N3O4/c1-15-10(16)5-3-8(12(15)18)14-11(17)9-4-2-7(6-13)19-9/h2,4,8H,3,5-6,13H2,1H3,(H,14,17). The van der Waals surface area contributed by atoms with E-state index in [1.165, 1.54) is 13.1 Å². The van der Waals surface area contributed by atoms with Gasteiger partial charge in [-0.2, -0.15) is 0 Å². The number of likely N-dealkylation sites (tertiary alicyclic amines) is 1. The van der Waals surface area contributed by atoms with E-state index in [9.17, 15) is 14.4 Å². The summed E-state index contributed by atoms with van der Waals surface area (Å²) in [5, 5.41) is 2.56. The van der Waals surface area contributed by atoms with Crippen molar-refractivity contribution < 1.29 is 18.8 Å². The molecular formula is C12H15N3O4. The molecule has 1 unspecified atom stereocenters. The Hall–Kier alpha value is -2.15. The number of nitrogens with one attached hydrogen (secondary N) is 1. The number of hydrogen-bond acceptors (Lipinski definition) is 5. The molecule has 102 valence electrons. The summed E-state index contributed by atoms with van der Waals surface area (Å²) in [5.74, 6) is -0.532. The summed E-state index contributed by atoms with van der Waals surface area (Å²) in [6.45, 7) is 0.201. The maximum atomic E-state index is 11.9. The van der Waals surface area contributed by atoms with Gasteiger partial charge in [0.15, 0.2) is 5.76 Å². The van der Waals surface area contributed by atoms with Gasteiger partial charge in [-0.1, -0.05) is 0 Å². The molecule has 0 radical (unpaired) electrons. The van der Waals surface area contributed by atoms with E-state index in [1.807, 2.05) is 0 Å². The average Bonchev–Trinajstić information content (AvgIpc) is 2.88. The van der Waals surface area contributed by atoms with Crippen LogP contribution in [0, 0.1) is 0 Å². The van der Waals surface area contributed by atoms with Crippen LogP contribution in [0.15, 0.2) is 16.5 Å². The third-order valence-electron chi connectivity index (χ3n) is 3.04. The Morgan fingerprint density at radius 2 is 2.26 bits per heavy atom. The van der Waals surface area contributed by atoms with E-state index in [4.69, 9.17) is 10.2 Å². The number of imide groups is 1. The van der Waals surface area contributed by atoms with E-state index in [-0.39, 0.29) is 24.6 Å². The van der Waals surface area contributed by atoms with Crippen molar-refractivity contribution in [2.75, 3.05) is 7.05 Å². The quantitative estimate of drug-likeness (QED) is 0.724. The van der Waals surface area contributed by atoms with Crippen molar-refractivity contribution in [3.8, 4) is 0 Å². The molecule has 1 fully saturated rings. The maximum absolute atomic E-state index is 11.9. The second-order valence-corrected chi connectivity index (χ2v) is 4.33. The molecular weight excluding hydrogens is 250 g/mol. The molecule has 1 saturated heterocycles. The molecule has 3 amide bonds. The van der Waals surface area contributed by atoms with E-state index < -0.39 is 17.9 Å². The van der Waals surface area contributed by atoms with Gasteiger partial charge in [0.25, 0.3) is 11.8 Å². The highest BCUT2D eigenvalue weighted by molar-refractivity contribution is 6.03. The first kappa shape index (κ1) is 13.3. The second-order valence-electron chi connectivity index (χ2n) is 4.33. The van der Waals surface area contributed by atoms with Crippen LogP contribution in [-0.4, -0.2) is 35.7 Å². The van der Waals surface area contributed by atoms with Crippen LogP contribution in [-0.2, 0) is 16.1 Å². The highest BCUT2D eigenvalue weighted by atomic mass is 16.4. The Balaban J connectivity index is 2.03. The summed E-state index contributed by atoms with van der Waals surface area (Å²) >= 11 is 0. The van der Waals surface area contributed by atoms with Crippen LogP contribution in [0.5, 0.6) is 0 Å². The van der Waals surface area contributed by atoms with Gasteiger partial charge in [0.1, 0.15) is 11.8 Å². The number of nitrogens with two attached hydrogens (primary N) is 1. The van der Waals surface area contributed by atoms with Gasteiger partial charge in [-0.25, -0.2) is 0 Å². The Morgan fingerprint density at radius 3 is 2.89 bits per heavy atom. The fourth-order valence-electron chi connectivity index (χ4n) is 1.89. The highest BCUT2D eigenvalue weighted by Crippen LogP contribution is 2.13. The minimum atomic E-state index is -0.693. The SMILES string of the molecule is CN1C(=O)CCC(NC(=O)c2ccc(CN)o2)C1=O. The van der Waals surface area contributed by atoms with Crippen LogP contribution in [0.1, 0.15) is 29.2 Å². The number of hydrogen-bond donors (Lipinski definition) is 2. The third kappa shape index (κ3) is 2.65. The van der Waals surface area contributed by atoms with E-state index >= 15 is 0 Å². The summed E-state index contributed by atoms with van der Waals surface area (Å²) < 4.78 is 5.19. The van der Waals surface area contributed by atoms with E-state index in [2.05, 4.69) is 5.32 Å². The van der Waals surface area contributed by atoms with Crippen molar-refractivity contribution >= 4 is 17.7 Å². The van der Waals surface area contributed by atoms with Gasteiger partial charge in [0.2, 0.25) is 5.91 Å². The first-order chi connectivity index (χ1) is 9.02. The zero-order valence-electron chi connectivity index (χ0n) is 10.5. The topological polar surface area (TPSA) is 106 Å². The summed E-state index contributed by atoms with van der Waals surface area (Å²) in [5.41, 5.74) is 5.38. The lowest BCUT2D eigenvalue weighted by atomic mass is 10.0. The largest absolute Gasteiger partial charge is 0.455 e. The molecule has 1 aromatic rings. The highest BCUT2D eigenvalue weighted by Gasteiger charge is 2.33. The fourth-order valence-corrected chi connectivity index (χ4v) is 1.89. The van der Waals surface area contributed by atoms with Crippen molar-refractivity contribution in [1.82, 2.24) is 10.2 Å². The first-order valence-electron chi connectivity index (χ1n) is 5.93. The summed E-state index contributed by atoms with van der Waals surface area (Å²) in [7, 11) is 1.41. The van der Waals surface area contributed by atoms with Gasteiger partial charge in [-0.15, -0.1) is 0 Å².